The second kappa shape index (κ2) is 7.33. The molecule has 21 heavy (non-hydrogen) atoms. The number of ether oxygens (including phenoxy) is 3. The van der Waals surface area contributed by atoms with Crippen molar-refractivity contribution in [1.82, 2.24) is 9.97 Å². The maximum absolute atomic E-state index is 5.34. The number of rotatable bonds is 7. The molecule has 112 valence electrons. The minimum atomic E-state index is 0.558. The van der Waals surface area contributed by atoms with Gasteiger partial charge in [0.1, 0.15) is 12.1 Å². The van der Waals surface area contributed by atoms with Gasteiger partial charge in [-0.15, -0.1) is 0 Å². The molecule has 0 atom stereocenters. The number of hydrogen-bond donors (Lipinski definition) is 1. The lowest BCUT2D eigenvalue weighted by molar-refractivity contribution is 0.326. The van der Waals surface area contributed by atoms with Gasteiger partial charge in [-0.2, -0.15) is 0 Å². The van der Waals surface area contributed by atoms with E-state index in [4.69, 9.17) is 14.2 Å². The predicted octanol–water partition coefficient (Wildman–Crippen LogP) is 2.50. The smallest absolute Gasteiger partial charge is 0.218 e. The Balaban J connectivity index is 2.04. The summed E-state index contributed by atoms with van der Waals surface area (Å²) < 4.78 is 15.8. The third-order valence-electron chi connectivity index (χ3n) is 2.86. The van der Waals surface area contributed by atoms with Crippen LogP contribution in [0, 0.1) is 0 Å². The monoisotopic (exact) mass is 289 g/mol. The van der Waals surface area contributed by atoms with E-state index < -0.39 is 0 Å². The molecule has 0 radical (unpaired) electrons. The van der Waals surface area contributed by atoms with Crippen LogP contribution in [-0.4, -0.2) is 30.8 Å². The maximum Gasteiger partial charge on any atom is 0.218 e. The van der Waals surface area contributed by atoms with Crippen LogP contribution in [0.2, 0.25) is 0 Å². The van der Waals surface area contributed by atoms with Crippen LogP contribution in [-0.2, 0) is 6.54 Å². The Morgan fingerprint density at radius 1 is 1.05 bits per heavy atom. The lowest BCUT2D eigenvalue weighted by atomic mass is 10.2. The van der Waals surface area contributed by atoms with Crippen molar-refractivity contribution in [3.05, 3.63) is 36.2 Å². The van der Waals surface area contributed by atoms with Crippen molar-refractivity contribution in [3.63, 3.8) is 0 Å². The average Bonchev–Trinajstić information content (AvgIpc) is 2.53. The molecule has 2 rings (SSSR count). The van der Waals surface area contributed by atoms with Crippen LogP contribution in [0.5, 0.6) is 17.4 Å². The zero-order valence-corrected chi connectivity index (χ0v) is 12.4. The molecular weight excluding hydrogens is 270 g/mol. The van der Waals surface area contributed by atoms with Crippen molar-refractivity contribution in [2.24, 2.45) is 0 Å². The van der Waals surface area contributed by atoms with Gasteiger partial charge in [-0.1, -0.05) is 6.07 Å². The molecule has 1 aromatic heterocycles. The Labute approximate surface area is 124 Å². The third-order valence-corrected chi connectivity index (χ3v) is 2.86. The first-order chi connectivity index (χ1) is 10.3. The summed E-state index contributed by atoms with van der Waals surface area (Å²) in [5.41, 5.74) is 1.06. The van der Waals surface area contributed by atoms with E-state index in [2.05, 4.69) is 15.3 Å². The van der Waals surface area contributed by atoms with Gasteiger partial charge < -0.3 is 19.5 Å². The molecule has 0 aliphatic carbocycles. The van der Waals surface area contributed by atoms with Gasteiger partial charge in [-0.05, 0) is 24.6 Å². The summed E-state index contributed by atoms with van der Waals surface area (Å²) in [4.78, 5) is 8.18. The number of nitrogens with one attached hydrogen (secondary N) is 1. The molecule has 0 aliphatic rings. The minimum Gasteiger partial charge on any atom is -0.493 e. The maximum atomic E-state index is 5.34. The van der Waals surface area contributed by atoms with Crippen molar-refractivity contribution in [3.8, 4) is 17.4 Å². The number of hydrogen-bond acceptors (Lipinski definition) is 6. The quantitative estimate of drug-likeness (QED) is 0.845. The molecule has 0 amide bonds. The molecule has 0 saturated carbocycles. The van der Waals surface area contributed by atoms with Crippen LogP contribution in [0.4, 0.5) is 5.82 Å². The van der Waals surface area contributed by atoms with Gasteiger partial charge in [0, 0.05) is 12.6 Å². The highest BCUT2D eigenvalue weighted by atomic mass is 16.5. The molecule has 6 heteroatoms. The van der Waals surface area contributed by atoms with Crippen molar-refractivity contribution in [2.45, 2.75) is 13.5 Å². The lowest BCUT2D eigenvalue weighted by Gasteiger charge is -2.11. The fraction of sp³-hybridized carbons (Fsp3) is 0.333. The summed E-state index contributed by atoms with van der Waals surface area (Å²) in [6.07, 6.45) is 1.47. The van der Waals surface area contributed by atoms with E-state index >= 15 is 0 Å². The zero-order valence-electron chi connectivity index (χ0n) is 12.4. The largest absolute Gasteiger partial charge is 0.493 e. The molecule has 1 heterocycles. The Hall–Kier alpha value is -2.50. The molecule has 0 fully saturated rings. The summed E-state index contributed by atoms with van der Waals surface area (Å²) in [6.45, 7) is 3.11. The van der Waals surface area contributed by atoms with Gasteiger partial charge in [-0.3, -0.25) is 0 Å². The van der Waals surface area contributed by atoms with Crippen LogP contribution in [0.3, 0.4) is 0 Å². The first-order valence-electron chi connectivity index (χ1n) is 6.66. The number of nitrogens with zero attached hydrogens (tertiary/aromatic N) is 2. The van der Waals surface area contributed by atoms with Crippen LogP contribution in [0.1, 0.15) is 12.5 Å². The van der Waals surface area contributed by atoms with E-state index in [0.29, 0.717) is 36.3 Å². The van der Waals surface area contributed by atoms with Gasteiger partial charge in [0.25, 0.3) is 0 Å². The summed E-state index contributed by atoms with van der Waals surface area (Å²) in [6, 6.07) is 7.54. The van der Waals surface area contributed by atoms with E-state index in [1.165, 1.54) is 6.33 Å². The summed E-state index contributed by atoms with van der Waals surface area (Å²) in [7, 11) is 3.24. The second-order valence-corrected chi connectivity index (χ2v) is 4.22. The molecule has 0 bridgehead atoms. The Morgan fingerprint density at radius 3 is 2.57 bits per heavy atom. The molecular formula is C15H19N3O3. The van der Waals surface area contributed by atoms with Gasteiger partial charge in [0.05, 0.1) is 20.8 Å². The van der Waals surface area contributed by atoms with Crippen LogP contribution in [0.15, 0.2) is 30.6 Å². The molecule has 0 aliphatic heterocycles. The first-order valence-corrected chi connectivity index (χ1v) is 6.66. The van der Waals surface area contributed by atoms with E-state index in [0.717, 1.165) is 5.56 Å². The third kappa shape index (κ3) is 3.98. The van der Waals surface area contributed by atoms with Crippen molar-refractivity contribution >= 4 is 5.82 Å². The van der Waals surface area contributed by atoms with E-state index in [1.54, 1.807) is 20.3 Å². The number of anilines is 1. The number of aromatic nitrogens is 2. The SMILES string of the molecule is CCOc1cc(NCc2ccc(OC)c(OC)c2)ncn1. The lowest BCUT2D eigenvalue weighted by Crippen LogP contribution is -2.03. The molecule has 2 aromatic rings. The van der Waals surface area contributed by atoms with Gasteiger partial charge in [-0.25, -0.2) is 9.97 Å². The molecule has 6 nitrogen and oxygen atoms in total. The van der Waals surface area contributed by atoms with Crippen LogP contribution in [0.25, 0.3) is 0 Å². The van der Waals surface area contributed by atoms with Gasteiger partial charge in [0.15, 0.2) is 11.5 Å². The summed E-state index contributed by atoms with van der Waals surface area (Å²) >= 11 is 0. The normalized spacial score (nSPS) is 10.0. The highest BCUT2D eigenvalue weighted by molar-refractivity contribution is 5.44. The topological polar surface area (TPSA) is 65.5 Å². The molecule has 0 unspecified atom stereocenters. The van der Waals surface area contributed by atoms with Gasteiger partial charge >= 0.3 is 0 Å². The molecule has 0 saturated heterocycles. The molecule has 1 N–H and O–H groups in total. The molecule has 1 aromatic carbocycles. The Morgan fingerprint density at radius 2 is 1.86 bits per heavy atom. The zero-order chi connectivity index (χ0) is 15.1. The Bertz CT molecular complexity index is 590. The summed E-state index contributed by atoms with van der Waals surface area (Å²) in [5, 5.41) is 3.22. The van der Waals surface area contributed by atoms with Crippen LogP contribution >= 0.6 is 0 Å². The highest BCUT2D eigenvalue weighted by Crippen LogP contribution is 2.27. The minimum absolute atomic E-state index is 0.558. The fourth-order valence-corrected chi connectivity index (χ4v) is 1.85. The van der Waals surface area contributed by atoms with Crippen molar-refractivity contribution < 1.29 is 14.2 Å². The second-order valence-electron chi connectivity index (χ2n) is 4.22. The fourth-order valence-electron chi connectivity index (χ4n) is 1.85. The van der Waals surface area contributed by atoms with Gasteiger partial charge in [0.2, 0.25) is 5.88 Å². The van der Waals surface area contributed by atoms with Crippen molar-refractivity contribution in [2.75, 3.05) is 26.1 Å². The standard InChI is InChI=1S/C15H19N3O3/c1-4-21-15-8-14(17-10-18-15)16-9-11-5-6-12(19-2)13(7-11)20-3/h5-8,10H,4,9H2,1-3H3,(H,16,17,18). The Kier molecular flexibility index (Phi) is 5.20. The average molecular weight is 289 g/mol. The van der Waals surface area contributed by atoms with E-state index in [1.807, 2.05) is 25.1 Å². The van der Waals surface area contributed by atoms with E-state index in [-0.39, 0.29) is 0 Å². The number of benzene rings is 1. The van der Waals surface area contributed by atoms with Crippen molar-refractivity contribution in [1.29, 1.82) is 0 Å². The van der Waals surface area contributed by atoms with E-state index in [9.17, 15) is 0 Å². The highest BCUT2D eigenvalue weighted by Gasteiger charge is 2.05. The predicted molar refractivity (Wildman–Crippen MR) is 80.1 cm³/mol. The number of methoxy groups -OCH3 is 2. The first kappa shape index (κ1) is 14.9. The van der Waals surface area contributed by atoms with Crippen LogP contribution < -0.4 is 19.5 Å². The molecule has 0 spiro atoms. The summed E-state index contributed by atoms with van der Waals surface area (Å²) in [5.74, 6) is 2.68.